The second-order valence-electron chi connectivity index (χ2n) is 7.76. The quantitative estimate of drug-likeness (QED) is 0.836. The van der Waals surface area contributed by atoms with Crippen molar-refractivity contribution < 1.29 is 4.52 Å². The summed E-state index contributed by atoms with van der Waals surface area (Å²) in [7, 11) is 4.44. The molecule has 0 N–H and O–H groups in total. The molecule has 2 aliphatic carbocycles. The van der Waals surface area contributed by atoms with Crippen LogP contribution in [0.1, 0.15) is 56.2 Å². The minimum atomic E-state index is 0.522. The van der Waals surface area contributed by atoms with Crippen molar-refractivity contribution in [1.82, 2.24) is 19.9 Å². The van der Waals surface area contributed by atoms with Gasteiger partial charge in [0, 0.05) is 25.0 Å². The van der Waals surface area contributed by atoms with Crippen LogP contribution in [0.3, 0.4) is 0 Å². The second-order valence-corrected chi connectivity index (χ2v) is 7.76. The Morgan fingerprint density at radius 1 is 1.14 bits per heavy atom. The fraction of sp³-hybridized carbons (Fsp3) is 0.882. The molecule has 1 aromatic heterocycles. The Morgan fingerprint density at radius 3 is 2.59 bits per heavy atom. The van der Waals surface area contributed by atoms with Crippen LogP contribution in [0.5, 0.6) is 0 Å². The van der Waals surface area contributed by atoms with Gasteiger partial charge in [-0.3, -0.25) is 4.90 Å². The van der Waals surface area contributed by atoms with Crippen molar-refractivity contribution in [1.29, 1.82) is 0 Å². The van der Waals surface area contributed by atoms with Gasteiger partial charge in [-0.25, -0.2) is 0 Å². The van der Waals surface area contributed by atoms with Crippen molar-refractivity contribution in [3.63, 3.8) is 0 Å². The van der Waals surface area contributed by atoms with Gasteiger partial charge in [0.1, 0.15) is 0 Å². The van der Waals surface area contributed by atoms with Crippen LogP contribution in [0.25, 0.3) is 0 Å². The molecule has 0 bridgehead atoms. The first-order chi connectivity index (χ1) is 10.7. The Bertz CT molecular complexity index is 495. The Balaban J connectivity index is 1.39. The van der Waals surface area contributed by atoms with Gasteiger partial charge in [-0.15, -0.1) is 0 Å². The minimum absolute atomic E-state index is 0.522. The van der Waals surface area contributed by atoms with Crippen molar-refractivity contribution in [2.24, 2.45) is 11.8 Å². The Labute approximate surface area is 133 Å². The molecule has 4 rings (SSSR count). The van der Waals surface area contributed by atoms with Gasteiger partial charge in [0.05, 0.1) is 6.54 Å². The van der Waals surface area contributed by atoms with E-state index >= 15 is 0 Å². The van der Waals surface area contributed by atoms with Gasteiger partial charge in [0.15, 0.2) is 5.82 Å². The van der Waals surface area contributed by atoms with Crippen LogP contribution in [0, 0.1) is 11.8 Å². The molecule has 122 valence electrons. The third-order valence-corrected chi connectivity index (χ3v) is 5.85. The normalized spacial score (nSPS) is 30.7. The molecule has 0 spiro atoms. The molecule has 1 saturated heterocycles. The zero-order valence-electron chi connectivity index (χ0n) is 13.9. The summed E-state index contributed by atoms with van der Waals surface area (Å²) >= 11 is 0. The minimum Gasteiger partial charge on any atom is -0.339 e. The van der Waals surface area contributed by atoms with Crippen molar-refractivity contribution in [3.05, 3.63) is 11.7 Å². The summed E-state index contributed by atoms with van der Waals surface area (Å²) in [5.41, 5.74) is 0. The Hall–Kier alpha value is -0.940. The first-order valence-electron chi connectivity index (χ1n) is 8.92. The molecule has 1 aromatic rings. The number of likely N-dealkylation sites (tertiary alicyclic amines) is 1. The maximum atomic E-state index is 5.52. The van der Waals surface area contributed by atoms with E-state index in [9.17, 15) is 0 Å². The molecule has 0 amide bonds. The monoisotopic (exact) mass is 304 g/mol. The highest BCUT2D eigenvalue weighted by Crippen LogP contribution is 2.42. The molecule has 2 saturated carbocycles. The molecule has 5 heteroatoms. The van der Waals surface area contributed by atoms with Crippen LogP contribution in [-0.2, 0) is 6.54 Å². The highest BCUT2D eigenvalue weighted by molar-refractivity contribution is 5.00. The van der Waals surface area contributed by atoms with Crippen LogP contribution in [0.2, 0.25) is 0 Å². The van der Waals surface area contributed by atoms with Gasteiger partial charge in [-0.05, 0) is 51.6 Å². The summed E-state index contributed by atoms with van der Waals surface area (Å²) in [4.78, 5) is 9.61. The fourth-order valence-corrected chi connectivity index (χ4v) is 4.43. The van der Waals surface area contributed by atoms with E-state index in [0.29, 0.717) is 12.0 Å². The molecule has 5 nitrogen and oxygen atoms in total. The van der Waals surface area contributed by atoms with Crippen LogP contribution in [0.15, 0.2) is 4.52 Å². The molecular weight excluding hydrogens is 276 g/mol. The SMILES string of the molecule is CN(C)[C@H]1CN(Cc2noc(C3CCCC3)n2)C[C@@H]1C1CC1. The lowest BCUT2D eigenvalue weighted by atomic mass is 9.97. The molecule has 0 aromatic carbocycles. The molecule has 0 radical (unpaired) electrons. The van der Waals surface area contributed by atoms with E-state index in [1.54, 1.807) is 0 Å². The molecule has 2 heterocycles. The second kappa shape index (κ2) is 5.93. The number of nitrogens with zero attached hydrogens (tertiary/aromatic N) is 4. The van der Waals surface area contributed by atoms with E-state index in [0.717, 1.165) is 36.6 Å². The largest absolute Gasteiger partial charge is 0.339 e. The molecule has 3 fully saturated rings. The number of hydrogen-bond acceptors (Lipinski definition) is 5. The number of aromatic nitrogens is 2. The van der Waals surface area contributed by atoms with Gasteiger partial charge >= 0.3 is 0 Å². The van der Waals surface area contributed by atoms with Gasteiger partial charge in [-0.1, -0.05) is 18.0 Å². The van der Waals surface area contributed by atoms with Gasteiger partial charge in [0.2, 0.25) is 5.89 Å². The zero-order valence-corrected chi connectivity index (χ0v) is 13.9. The van der Waals surface area contributed by atoms with Crippen LogP contribution >= 0.6 is 0 Å². The summed E-state index contributed by atoms with van der Waals surface area (Å²) < 4.78 is 5.52. The molecule has 1 aliphatic heterocycles. The van der Waals surface area contributed by atoms with E-state index in [1.165, 1.54) is 45.1 Å². The fourth-order valence-electron chi connectivity index (χ4n) is 4.43. The first kappa shape index (κ1) is 14.6. The predicted molar refractivity (Wildman–Crippen MR) is 84.5 cm³/mol. The highest BCUT2D eigenvalue weighted by atomic mass is 16.5. The van der Waals surface area contributed by atoms with E-state index in [1.807, 2.05) is 0 Å². The summed E-state index contributed by atoms with van der Waals surface area (Å²) in [6.45, 7) is 3.19. The summed E-state index contributed by atoms with van der Waals surface area (Å²) in [6, 6.07) is 0.689. The first-order valence-corrected chi connectivity index (χ1v) is 8.92. The average Bonchev–Trinajstić information content (AvgIpc) is 2.96. The molecule has 0 unspecified atom stereocenters. The van der Waals surface area contributed by atoms with Crippen molar-refractivity contribution in [2.75, 3.05) is 27.2 Å². The molecule has 2 atom stereocenters. The molecule has 22 heavy (non-hydrogen) atoms. The Morgan fingerprint density at radius 2 is 1.91 bits per heavy atom. The molecular formula is C17H28N4O. The Kier molecular flexibility index (Phi) is 3.95. The predicted octanol–water partition coefficient (Wildman–Crippen LogP) is 2.50. The van der Waals surface area contributed by atoms with Gasteiger partial charge in [0.25, 0.3) is 0 Å². The number of hydrogen-bond donors (Lipinski definition) is 0. The smallest absolute Gasteiger partial charge is 0.229 e. The van der Waals surface area contributed by atoms with Crippen molar-refractivity contribution >= 4 is 0 Å². The zero-order chi connectivity index (χ0) is 15.1. The van der Waals surface area contributed by atoms with E-state index < -0.39 is 0 Å². The topological polar surface area (TPSA) is 45.4 Å². The highest BCUT2D eigenvalue weighted by Gasteiger charge is 2.43. The lowest BCUT2D eigenvalue weighted by molar-refractivity contribution is 0.232. The van der Waals surface area contributed by atoms with Crippen LogP contribution < -0.4 is 0 Å². The lowest BCUT2D eigenvalue weighted by Crippen LogP contribution is -2.36. The third kappa shape index (κ3) is 2.93. The standard InChI is InChI=1S/C17H28N4O/c1-20(2)15-10-21(9-14(15)12-7-8-12)11-16-18-17(22-19-16)13-5-3-4-6-13/h12-15H,3-11H2,1-2H3/t14-,15+/m1/s1. The number of likely N-dealkylation sites (N-methyl/N-ethyl adjacent to an activating group) is 1. The van der Waals surface area contributed by atoms with E-state index in [-0.39, 0.29) is 0 Å². The van der Waals surface area contributed by atoms with Crippen molar-refractivity contribution in [2.45, 2.75) is 57.0 Å². The lowest BCUT2D eigenvalue weighted by Gasteiger charge is -2.24. The van der Waals surface area contributed by atoms with Crippen molar-refractivity contribution in [3.8, 4) is 0 Å². The van der Waals surface area contributed by atoms with E-state index in [4.69, 9.17) is 4.52 Å². The van der Waals surface area contributed by atoms with Gasteiger partial charge in [-0.2, -0.15) is 4.98 Å². The van der Waals surface area contributed by atoms with E-state index in [2.05, 4.69) is 34.0 Å². The number of rotatable bonds is 5. The molecule has 3 aliphatic rings. The summed E-state index contributed by atoms with van der Waals surface area (Å²) in [5, 5.41) is 4.24. The maximum absolute atomic E-state index is 5.52. The maximum Gasteiger partial charge on any atom is 0.229 e. The summed E-state index contributed by atoms with van der Waals surface area (Å²) in [5.74, 6) is 4.08. The van der Waals surface area contributed by atoms with Gasteiger partial charge < -0.3 is 9.42 Å². The van der Waals surface area contributed by atoms with Crippen LogP contribution in [-0.4, -0.2) is 53.2 Å². The average molecular weight is 304 g/mol. The third-order valence-electron chi connectivity index (χ3n) is 5.85. The van der Waals surface area contributed by atoms with Crippen LogP contribution in [0.4, 0.5) is 0 Å². The summed E-state index contributed by atoms with van der Waals surface area (Å²) in [6.07, 6.45) is 7.91.